The SMILES string of the molecule is Cc1cc(F)c(Nc2ccnc3c2C(=O)Cc2cc(C(=O)N4CCC(CCO)C4)ccc2N3)cc1O. The summed E-state index contributed by atoms with van der Waals surface area (Å²) in [5.74, 6) is -0.325. The van der Waals surface area contributed by atoms with Crippen molar-refractivity contribution in [3.8, 4) is 5.75 Å². The molecule has 2 aliphatic rings. The maximum atomic E-state index is 14.5. The van der Waals surface area contributed by atoms with Gasteiger partial charge in [0.15, 0.2) is 5.78 Å². The van der Waals surface area contributed by atoms with E-state index < -0.39 is 5.82 Å². The number of ketones is 1. The second-order valence-electron chi connectivity index (χ2n) is 9.34. The fraction of sp³-hybridized carbons (Fsp3) is 0.296. The Labute approximate surface area is 207 Å². The molecule has 0 radical (unpaired) electrons. The molecule has 5 rings (SSSR count). The lowest BCUT2D eigenvalue weighted by Gasteiger charge is -2.18. The van der Waals surface area contributed by atoms with Crippen LogP contribution in [0, 0.1) is 18.7 Å². The third-order valence-corrected chi connectivity index (χ3v) is 6.85. The fourth-order valence-electron chi connectivity index (χ4n) is 4.85. The summed E-state index contributed by atoms with van der Waals surface area (Å²) in [7, 11) is 0. The minimum atomic E-state index is -0.556. The number of aliphatic hydroxyl groups is 1. The number of carbonyl (C=O) groups is 2. The number of phenols is 1. The maximum Gasteiger partial charge on any atom is 0.253 e. The van der Waals surface area contributed by atoms with E-state index in [1.165, 1.54) is 18.3 Å². The van der Waals surface area contributed by atoms with Gasteiger partial charge in [-0.3, -0.25) is 9.59 Å². The molecule has 1 amide bonds. The molecule has 3 heterocycles. The van der Waals surface area contributed by atoms with Crippen LogP contribution in [0.2, 0.25) is 0 Å². The maximum absolute atomic E-state index is 14.5. The standard InChI is InChI=1S/C27H27FN4O4/c1-15-10-19(28)22(13-23(15)34)30-21-4-7-29-26-25(21)24(35)12-18-11-17(2-3-20(18)31-26)27(36)32-8-5-16(14-32)6-9-33/h2-4,7,10-11,13,16,33-34H,5-6,8-9,12,14H2,1H3,(H2,29,30,31). The Morgan fingerprint density at radius 2 is 2.08 bits per heavy atom. The summed E-state index contributed by atoms with van der Waals surface area (Å²) in [6.07, 6.45) is 3.09. The van der Waals surface area contributed by atoms with Gasteiger partial charge >= 0.3 is 0 Å². The Balaban J connectivity index is 1.41. The fourth-order valence-corrected chi connectivity index (χ4v) is 4.85. The van der Waals surface area contributed by atoms with Gasteiger partial charge < -0.3 is 25.7 Å². The van der Waals surface area contributed by atoms with Gasteiger partial charge in [-0.2, -0.15) is 0 Å². The molecule has 0 spiro atoms. The van der Waals surface area contributed by atoms with Crippen LogP contribution in [-0.2, 0) is 6.42 Å². The number of aryl methyl sites for hydroxylation is 1. The minimum absolute atomic E-state index is 0.0333. The summed E-state index contributed by atoms with van der Waals surface area (Å²) >= 11 is 0. The number of aliphatic hydroxyl groups excluding tert-OH is 1. The summed E-state index contributed by atoms with van der Waals surface area (Å²) in [5.41, 5.74) is 2.91. The molecule has 0 saturated carbocycles. The van der Waals surface area contributed by atoms with Gasteiger partial charge in [0.2, 0.25) is 0 Å². The molecule has 1 atom stereocenters. The van der Waals surface area contributed by atoms with Crippen LogP contribution in [0.25, 0.3) is 0 Å². The number of benzene rings is 2. The number of hydrogen-bond donors (Lipinski definition) is 4. The largest absolute Gasteiger partial charge is 0.508 e. The van der Waals surface area contributed by atoms with Crippen LogP contribution in [0.4, 0.5) is 27.3 Å². The van der Waals surface area contributed by atoms with E-state index in [0.717, 1.165) is 6.42 Å². The predicted molar refractivity (Wildman–Crippen MR) is 134 cm³/mol. The number of amides is 1. The molecule has 3 aromatic rings. The molecule has 1 saturated heterocycles. The number of anilines is 4. The highest BCUT2D eigenvalue weighted by Gasteiger charge is 2.29. The van der Waals surface area contributed by atoms with Crippen LogP contribution >= 0.6 is 0 Å². The van der Waals surface area contributed by atoms with Crippen LogP contribution in [-0.4, -0.2) is 51.5 Å². The number of rotatable bonds is 5. The highest BCUT2D eigenvalue weighted by atomic mass is 19.1. The van der Waals surface area contributed by atoms with Crippen molar-refractivity contribution in [2.75, 3.05) is 30.3 Å². The second-order valence-corrected chi connectivity index (χ2v) is 9.34. The number of aromatic nitrogens is 1. The summed E-state index contributed by atoms with van der Waals surface area (Å²) in [6, 6.07) is 9.32. The number of halogens is 1. The number of carbonyl (C=O) groups excluding carboxylic acids is 2. The van der Waals surface area contributed by atoms with Gasteiger partial charge in [0.25, 0.3) is 5.91 Å². The zero-order valence-corrected chi connectivity index (χ0v) is 19.8. The van der Waals surface area contributed by atoms with Crippen molar-refractivity contribution < 1.29 is 24.2 Å². The van der Waals surface area contributed by atoms with Gasteiger partial charge in [0, 0.05) is 49.6 Å². The number of fused-ring (bicyclic) bond motifs is 2. The van der Waals surface area contributed by atoms with Gasteiger partial charge in [-0.1, -0.05) is 0 Å². The number of pyridine rings is 1. The summed E-state index contributed by atoms with van der Waals surface area (Å²) in [5, 5.41) is 25.3. The van der Waals surface area contributed by atoms with E-state index in [2.05, 4.69) is 15.6 Å². The molecule has 0 aliphatic carbocycles. The molecule has 2 aromatic carbocycles. The highest BCUT2D eigenvalue weighted by molar-refractivity contribution is 6.09. The number of likely N-dealkylation sites (tertiary alicyclic amines) is 1. The van der Waals surface area contributed by atoms with Crippen LogP contribution in [0.3, 0.4) is 0 Å². The normalized spacial score (nSPS) is 16.7. The van der Waals surface area contributed by atoms with E-state index in [1.807, 2.05) is 0 Å². The van der Waals surface area contributed by atoms with E-state index in [-0.39, 0.29) is 41.7 Å². The van der Waals surface area contributed by atoms with E-state index >= 15 is 0 Å². The first-order valence-electron chi connectivity index (χ1n) is 11.9. The van der Waals surface area contributed by atoms with Gasteiger partial charge in [-0.05, 0) is 67.1 Å². The molecular formula is C27H27FN4O4. The Hall–Kier alpha value is -3.98. The Kier molecular flexibility index (Phi) is 6.32. The number of nitrogens with zero attached hydrogens (tertiary/aromatic N) is 2. The van der Waals surface area contributed by atoms with Crippen LogP contribution in [0.5, 0.6) is 5.75 Å². The Morgan fingerprint density at radius 3 is 2.89 bits per heavy atom. The quantitative estimate of drug-likeness (QED) is 0.421. The van der Waals surface area contributed by atoms with Gasteiger partial charge in [-0.15, -0.1) is 0 Å². The second kappa shape index (κ2) is 9.58. The van der Waals surface area contributed by atoms with Gasteiger partial charge in [0.05, 0.1) is 16.9 Å². The third kappa shape index (κ3) is 4.49. The third-order valence-electron chi connectivity index (χ3n) is 6.85. The van der Waals surface area contributed by atoms with Gasteiger partial charge in [0.1, 0.15) is 17.4 Å². The van der Waals surface area contributed by atoms with Crippen molar-refractivity contribution in [2.24, 2.45) is 5.92 Å². The average molecular weight is 491 g/mol. The molecule has 1 aromatic heterocycles. The molecule has 1 fully saturated rings. The zero-order chi connectivity index (χ0) is 25.4. The summed E-state index contributed by atoms with van der Waals surface area (Å²) in [6.45, 7) is 2.97. The number of hydrogen-bond acceptors (Lipinski definition) is 7. The number of phenolic OH excluding ortho intramolecular Hbond substituents is 1. The molecule has 2 aliphatic heterocycles. The molecular weight excluding hydrogens is 463 g/mol. The van der Waals surface area contributed by atoms with Crippen LogP contribution in [0.1, 0.15) is 44.7 Å². The van der Waals surface area contributed by atoms with Crippen molar-refractivity contribution in [1.82, 2.24) is 9.88 Å². The number of nitrogens with one attached hydrogen (secondary N) is 2. The molecule has 0 bridgehead atoms. The Morgan fingerprint density at radius 1 is 1.25 bits per heavy atom. The zero-order valence-electron chi connectivity index (χ0n) is 19.8. The van der Waals surface area contributed by atoms with Crippen molar-refractivity contribution in [1.29, 1.82) is 0 Å². The molecule has 186 valence electrons. The topological polar surface area (TPSA) is 115 Å². The smallest absolute Gasteiger partial charge is 0.253 e. The molecule has 1 unspecified atom stereocenters. The van der Waals surface area contributed by atoms with E-state index in [4.69, 9.17) is 0 Å². The molecule has 36 heavy (non-hydrogen) atoms. The highest BCUT2D eigenvalue weighted by Crippen LogP contribution is 2.36. The van der Waals surface area contributed by atoms with Crippen molar-refractivity contribution in [3.05, 3.63) is 70.7 Å². The first kappa shape index (κ1) is 23.7. The molecule has 8 nitrogen and oxygen atoms in total. The van der Waals surface area contributed by atoms with Crippen molar-refractivity contribution >= 4 is 34.6 Å². The monoisotopic (exact) mass is 490 g/mol. The van der Waals surface area contributed by atoms with Crippen molar-refractivity contribution in [2.45, 2.75) is 26.2 Å². The van der Waals surface area contributed by atoms with Crippen LogP contribution < -0.4 is 10.6 Å². The van der Waals surface area contributed by atoms with E-state index in [0.29, 0.717) is 59.3 Å². The Bertz CT molecular complexity index is 1360. The summed E-state index contributed by atoms with van der Waals surface area (Å²) in [4.78, 5) is 32.6. The number of Topliss-reactive ketones (excluding diaryl/α,β-unsaturated/α-hetero) is 1. The number of aromatic hydroxyl groups is 1. The molecule has 4 N–H and O–H groups in total. The first-order valence-corrected chi connectivity index (χ1v) is 11.9. The van der Waals surface area contributed by atoms with Gasteiger partial charge in [-0.25, -0.2) is 9.37 Å². The average Bonchev–Trinajstić information content (AvgIpc) is 3.26. The minimum Gasteiger partial charge on any atom is -0.508 e. The lowest BCUT2D eigenvalue weighted by Crippen LogP contribution is -2.29. The first-order chi connectivity index (χ1) is 17.3. The van der Waals surface area contributed by atoms with E-state index in [1.54, 1.807) is 36.1 Å². The predicted octanol–water partition coefficient (Wildman–Crippen LogP) is 4.31. The van der Waals surface area contributed by atoms with E-state index in [9.17, 15) is 24.2 Å². The molecule has 9 heteroatoms. The van der Waals surface area contributed by atoms with Crippen molar-refractivity contribution in [3.63, 3.8) is 0 Å². The summed E-state index contributed by atoms with van der Waals surface area (Å²) < 4.78 is 14.5. The lowest BCUT2D eigenvalue weighted by atomic mass is 10.0. The van der Waals surface area contributed by atoms with Crippen LogP contribution in [0.15, 0.2) is 42.6 Å². The lowest BCUT2D eigenvalue weighted by molar-refractivity contribution is 0.0784.